The molecule has 2 heterocycles. The monoisotopic (exact) mass is 235 g/mol. The third-order valence-electron chi connectivity index (χ3n) is 1.89. The predicted octanol–water partition coefficient (Wildman–Crippen LogP) is 2.24. The summed E-state index contributed by atoms with van der Waals surface area (Å²) in [4.78, 5) is 6.17. The molecule has 2 rings (SSSR count). The molecule has 0 aliphatic rings. The molecule has 0 amide bonds. The number of thiophene rings is 1. The van der Waals surface area contributed by atoms with Crippen LogP contribution in [-0.4, -0.2) is 11.5 Å². The first-order valence-corrected chi connectivity index (χ1v) is 6.18. The Bertz CT molecular complexity index is 479. The number of thiazole rings is 1. The lowest BCUT2D eigenvalue weighted by molar-refractivity contribution is 0.954. The number of hydrogen-bond acceptors (Lipinski definition) is 5. The van der Waals surface area contributed by atoms with Crippen LogP contribution in [0.4, 0.5) is 0 Å². The highest BCUT2D eigenvalue weighted by molar-refractivity contribution is 7.15. The number of aromatic nitrogens is 1. The van der Waals surface area contributed by atoms with Crippen molar-refractivity contribution < 1.29 is 0 Å². The highest BCUT2D eigenvalue weighted by atomic mass is 32.1. The van der Waals surface area contributed by atoms with Crippen LogP contribution in [0.5, 0.6) is 0 Å². The second-order valence-corrected chi connectivity index (χ2v) is 4.94. The van der Waals surface area contributed by atoms with Gasteiger partial charge in [-0.25, -0.2) is 4.98 Å². The average molecular weight is 235 g/mol. The highest BCUT2D eigenvalue weighted by Crippen LogP contribution is 2.30. The summed E-state index contributed by atoms with van der Waals surface area (Å²) in [6.07, 6.45) is 0.741. The van der Waals surface area contributed by atoms with Gasteiger partial charge >= 0.3 is 0 Å². The molecule has 2 aromatic rings. The first-order chi connectivity index (χ1) is 7.35. The molecule has 0 saturated carbocycles. The molecule has 0 saturated heterocycles. The molecule has 2 aromatic heterocycles. The van der Waals surface area contributed by atoms with Gasteiger partial charge in [0.15, 0.2) is 0 Å². The van der Waals surface area contributed by atoms with E-state index in [4.69, 9.17) is 11.0 Å². The minimum atomic E-state index is 0.572. The first-order valence-electron chi connectivity index (χ1n) is 4.49. The van der Waals surface area contributed by atoms with Gasteiger partial charge in [-0.1, -0.05) is 6.07 Å². The summed E-state index contributed by atoms with van der Waals surface area (Å²) in [5.41, 5.74) is 6.27. The molecule has 0 radical (unpaired) electrons. The maximum atomic E-state index is 8.99. The molecule has 0 aromatic carbocycles. The van der Waals surface area contributed by atoms with Crippen LogP contribution < -0.4 is 5.73 Å². The van der Waals surface area contributed by atoms with Crippen LogP contribution in [0.1, 0.15) is 9.88 Å². The van der Waals surface area contributed by atoms with Gasteiger partial charge in [0.25, 0.3) is 0 Å². The Morgan fingerprint density at radius 1 is 1.53 bits per heavy atom. The molecule has 0 aliphatic carbocycles. The molecular weight excluding hydrogens is 226 g/mol. The van der Waals surface area contributed by atoms with E-state index in [9.17, 15) is 0 Å². The van der Waals surface area contributed by atoms with Crippen LogP contribution in [0.2, 0.25) is 0 Å². The smallest absolute Gasteiger partial charge is 0.133 e. The summed E-state index contributed by atoms with van der Waals surface area (Å²) < 4.78 is 0. The van der Waals surface area contributed by atoms with E-state index in [0.29, 0.717) is 11.4 Å². The van der Waals surface area contributed by atoms with Gasteiger partial charge in [0, 0.05) is 6.42 Å². The summed E-state index contributed by atoms with van der Waals surface area (Å²) in [5, 5.41) is 11.9. The van der Waals surface area contributed by atoms with Gasteiger partial charge in [-0.3, -0.25) is 0 Å². The van der Waals surface area contributed by atoms with Gasteiger partial charge in [0.05, 0.1) is 9.88 Å². The van der Waals surface area contributed by atoms with Crippen LogP contribution in [0.25, 0.3) is 10.6 Å². The highest BCUT2D eigenvalue weighted by Gasteiger charge is 2.12. The SMILES string of the molecule is N#Cc1sc(CCN)nc1-c1cccs1. The van der Waals surface area contributed by atoms with E-state index in [2.05, 4.69) is 11.1 Å². The Labute approximate surface area is 95.8 Å². The predicted molar refractivity (Wildman–Crippen MR) is 62.9 cm³/mol. The van der Waals surface area contributed by atoms with Crippen molar-refractivity contribution in [2.24, 2.45) is 5.73 Å². The minimum absolute atomic E-state index is 0.572. The normalized spacial score (nSPS) is 10.1. The molecular formula is C10H9N3S2. The molecule has 76 valence electrons. The van der Waals surface area contributed by atoms with Crippen LogP contribution in [0.15, 0.2) is 17.5 Å². The fraction of sp³-hybridized carbons (Fsp3) is 0.200. The van der Waals surface area contributed by atoms with E-state index in [1.54, 1.807) is 11.3 Å². The fourth-order valence-electron chi connectivity index (χ4n) is 1.25. The average Bonchev–Trinajstić information content (AvgIpc) is 2.84. The van der Waals surface area contributed by atoms with Crippen LogP contribution in [0.3, 0.4) is 0 Å². The molecule has 15 heavy (non-hydrogen) atoms. The fourth-order valence-corrected chi connectivity index (χ4v) is 2.93. The number of nitrogens with zero attached hydrogens (tertiary/aromatic N) is 2. The molecule has 0 bridgehead atoms. The van der Waals surface area contributed by atoms with Crippen LogP contribution in [-0.2, 0) is 6.42 Å². The summed E-state index contributed by atoms with van der Waals surface area (Å²) in [6.45, 7) is 0.572. The van der Waals surface area contributed by atoms with E-state index in [-0.39, 0.29) is 0 Å². The topological polar surface area (TPSA) is 62.7 Å². The minimum Gasteiger partial charge on any atom is -0.330 e. The number of nitriles is 1. The van der Waals surface area contributed by atoms with E-state index < -0.39 is 0 Å². The molecule has 0 unspecified atom stereocenters. The first kappa shape index (κ1) is 10.3. The maximum absolute atomic E-state index is 8.99. The molecule has 0 spiro atoms. The second kappa shape index (κ2) is 4.53. The summed E-state index contributed by atoms with van der Waals surface area (Å²) in [7, 11) is 0. The quantitative estimate of drug-likeness (QED) is 0.887. The van der Waals surface area contributed by atoms with Crippen molar-refractivity contribution in [1.82, 2.24) is 4.98 Å². The van der Waals surface area contributed by atoms with E-state index in [1.165, 1.54) is 11.3 Å². The van der Waals surface area contributed by atoms with E-state index in [1.807, 2.05) is 17.5 Å². The maximum Gasteiger partial charge on any atom is 0.133 e. The Morgan fingerprint density at radius 3 is 3.00 bits per heavy atom. The zero-order valence-electron chi connectivity index (χ0n) is 7.93. The lowest BCUT2D eigenvalue weighted by atomic mass is 10.3. The van der Waals surface area contributed by atoms with Gasteiger partial charge in [0.1, 0.15) is 16.6 Å². The molecule has 2 N–H and O–H groups in total. The Balaban J connectivity index is 2.43. The van der Waals surface area contributed by atoms with E-state index >= 15 is 0 Å². The van der Waals surface area contributed by atoms with Crippen LogP contribution >= 0.6 is 22.7 Å². The third kappa shape index (κ3) is 2.07. The standard InChI is InChI=1S/C10H9N3S2/c11-4-3-9-13-10(8(6-12)15-9)7-2-1-5-14-7/h1-2,5H,3-4,11H2. The van der Waals surface area contributed by atoms with Crippen molar-refractivity contribution in [3.05, 3.63) is 27.4 Å². The van der Waals surface area contributed by atoms with Gasteiger partial charge in [-0.2, -0.15) is 5.26 Å². The van der Waals surface area contributed by atoms with Crippen molar-refractivity contribution in [2.75, 3.05) is 6.54 Å². The molecule has 5 heteroatoms. The molecule has 0 fully saturated rings. The molecule has 0 atom stereocenters. The number of nitrogens with two attached hydrogens (primary N) is 1. The zero-order valence-corrected chi connectivity index (χ0v) is 9.57. The van der Waals surface area contributed by atoms with Crippen molar-refractivity contribution in [3.63, 3.8) is 0 Å². The Kier molecular flexibility index (Phi) is 3.11. The number of rotatable bonds is 3. The summed E-state index contributed by atoms with van der Waals surface area (Å²) in [5.74, 6) is 0. The lowest BCUT2D eigenvalue weighted by Gasteiger charge is -1.89. The van der Waals surface area contributed by atoms with Crippen LogP contribution in [0, 0.1) is 11.3 Å². The Morgan fingerprint density at radius 2 is 2.40 bits per heavy atom. The second-order valence-electron chi connectivity index (χ2n) is 2.91. The summed E-state index contributed by atoms with van der Waals surface area (Å²) in [6, 6.07) is 6.12. The van der Waals surface area contributed by atoms with Gasteiger partial charge in [0.2, 0.25) is 0 Å². The van der Waals surface area contributed by atoms with Crippen molar-refractivity contribution in [1.29, 1.82) is 5.26 Å². The van der Waals surface area contributed by atoms with Crippen molar-refractivity contribution in [3.8, 4) is 16.6 Å². The van der Waals surface area contributed by atoms with Gasteiger partial charge in [-0.15, -0.1) is 22.7 Å². The Hall–Kier alpha value is -1.22. The summed E-state index contributed by atoms with van der Waals surface area (Å²) >= 11 is 3.04. The van der Waals surface area contributed by atoms with Crippen molar-refractivity contribution >= 4 is 22.7 Å². The third-order valence-corrected chi connectivity index (χ3v) is 3.78. The molecule has 0 aliphatic heterocycles. The zero-order chi connectivity index (χ0) is 10.7. The largest absolute Gasteiger partial charge is 0.330 e. The van der Waals surface area contributed by atoms with Crippen molar-refractivity contribution in [2.45, 2.75) is 6.42 Å². The van der Waals surface area contributed by atoms with E-state index in [0.717, 1.165) is 22.0 Å². The van der Waals surface area contributed by atoms with Gasteiger partial charge in [-0.05, 0) is 18.0 Å². The molecule has 3 nitrogen and oxygen atoms in total. The number of hydrogen-bond donors (Lipinski definition) is 1. The van der Waals surface area contributed by atoms with Gasteiger partial charge < -0.3 is 5.73 Å². The lowest BCUT2D eigenvalue weighted by Crippen LogP contribution is -2.01.